The van der Waals surface area contributed by atoms with Crippen LogP contribution in [0, 0.1) is 3.70 Å². The molecule has 2 aromatic carbocycles. The van der Waals surface area contributed by atoms with E-state index in [1.807, 2.05) is 60.7 Å². The van der Waals surface area contributed by atoms with Gasteiger partial charge >= 0.3 is 5.97 Å². The summed E-state index contributed by atoms with van der Waals surface area (Å²) in [4.78, 5) is 21.8. The molecule has 0 saturated heterocycles. The van der Waals surface area contributed by atoms with Crippen molar-refractivity contribution in [3.8, 4) is 16.3 Å². The van der Waals surface area contributed by atoms with Crippen LogP contribution in [0.4, 0.5) is 0 Å². The predicted molar refractivity (Wildman–Crippen MR) is 122 cm³/mol. The molecule has 0 spiro atoms. The van der Waals surface area contributed by atoms with Gasteiger partial charge in [-0.15, -0.1) is 11.3 Å². The molecule has 0 saturated carbocycles. The van der Waals surface area contributed by atoms with Gasteiger partial charge < -0.3 is 9.47 Å². The Hall–Kier alpha value is -2.52. The van der Waals surface area contributed by atoms with Gasteiger partial charge in [0.25, 0.3) is 0 Å². The summed E-state index contributed by atoms with van der Waals surface area (Å²) in [5, 5.41) is 0.853. The lowest BCUT2D eigenvalue weighted by Gasteiger charge is -2.12. The van der Waals surface area contributed by atoms with Crippen molar-refractivity contribution in [3.63, 3.8) is 0 Å². The zero-order valence-corrected chi connectivity index (χ0v) is 18.6. The van der Waals surface area contributed by atoms with Crippen molar-refractivity contribution in [2.45, 2.75) is 13.5 Å². The fourth-order valence-corrected chi connectivity index (χ4v) is 4.71. The van der Waals surface area contributed by atoms with Crippen LogP contribution in [-0.2, 0) is 11.3 Å². The maximum absolute atomic E-state index is 12.6. The molecule has 2 heterocycles. The Morgan fingerprint density at radius 1 is 1.03 bits per heavy atom. The van der Waals surface area contributed by atoms with Crippen LogP contribution in [0.2, 0.25) is 0 Å². The van der Waals surface area contributed by atoms with Crippen molar-refractivity contribution < 1.29 is 14.3 Å². The number of carbonyl (C=O) groups is 1. The van der Waals surface area contributed by atoms with Crippen LogP contribution in [0.3, 0.4) is 0 Å². The fraction of sp³-hybridized carbons (Fsp3) is 0.136. The molecule has 0 N–H and O–H groups in total. The van der Waals surface area contributed by atoms with E-state index in [2.05, 4.69) is 27.6 Å². The minimum Gasteiger partial charge on any atom is -0.485 e. The van der Waals surface area contributed by atoms with E-state index in [1.54, 1.807) is 6.92 Å². The highest BCUT2D eigenvalue weighted by Crippen LogP contribution is 2.39. The van der Waals surface area contributed by atoms with Gasteiger partial charge in [0.05, 0.1) is 6.61 Å². The molecule has 4 rings (SSSR count). The zero-order valence-electron chi connectivity index (χ0n) is 15.6. The lowest BCUT2D eigenvalue weighted by atomic mass is 10.2. The largest absolute Gasteiger partial charge is 0.485 e. The lowest BCUT2D eigenvalue weighted by Crippen LogP contribution is -2.11. The number of nitrogens with zero attached hydrogens (tertiary/aromatic N) is 2. The molecule has 0 aliphatic carbocycles. The van der Waals surface area contributed by atoms with Crippen LogP contribution >= 0.6 is 33.9 Å². The molecular weight excluding hydrogens is 499 g/mol. The highest BCUT2D eigenvalue weighted by molar-refractivity contribution is 14.1. The standard InChI is InChI=1S/C22H17IN2O3S/c1-2-27-22(26)16-18(28-13-14-9-5-3-6-10-14)19-17(20(23)24-16)25-21(29-19)15-11-7-4-8-12-15/h3-12H,2,13H2,1H3. The Kier molecular flexibility index (Phi) is 6.05. The quantitative estimate of drug-likeness (QED) is 0.187. The number of aromatic nitrogens is 2. The number of benzene rings is 2. The molecule has 5 nitrogen and oxygen atoms in total. The molecule has 29 heavy (non-hydrogen) atoms. The van der Waals surface area contributed by atoms with E-state index in [4.69, 9.17) is 14.5 Å². The summed E-state index contributed by atoms with van der Waals surface area (Å²) in [5.41, 5.74) is 2.92. The van der Waals surface area contributed by atoms with Crippen LogP contribution in [0.1, 0.15) is 23.0 Å². The van der Waals surface area contributed by atoms with Crippen molar-refractivity contribution in [2.75, 3.05) is 6.61 Å². The van der Waals surface area contributed by atoms with E-state index in [9.17, 15) is 4.79 Å². The molecule has 0 atom stereocenters. The molecule has 0 radical (unpaired) electrons. The van der Waals surface area contributed by atoms with Gasteiger partial charge in [-0.2, -0.15) is 0 Å². The Morgan fingerprint density at radius 2 is 1.72 bits per heavy atom. The molecule has 2 aromatic heterocycles. The van der Waals surface area contributed by atoms with Crippen molar-refractivity contribution in [2.24, 2.45) is 0 Å². The summed E-state index contributed by atoms with van der Waals surface area (Å²) in [7, 11) is 0. The second-order valence-corrected chi connectivity index (χ2v) is 8.16. The van der Waals surface area contributed by atoms with Gasteiger partial charge in [-0.05, 0) is 35.1 Å². The Morgan fingerprint density at radius 3 is 2.41 bits per heavy atom. The number of carbonyl (C=O) groups excluding carboxylic acids is 1. The second kappa shape index (κ2) is 8.87. The first kappa shape index (κ1) is 19.8. The Labute approximate surface area is 185 Å². The van der Waals surface area contributed by atoms with Crippen molar-refractivity contribution in [3.05, 3.63) is 75.6 Å². The maximum Gasteiger partial charge on any atom is 0.360 e. The molecule has 0 unspecified atom stereocenters. The smallest absolute Gasteiger partial charge is 0.360 e. The van der Waals surface area contributed by atoms with E-state index in [0.29, 0.717) is 16.1 Å². The first-order valence-corrected chi connectivity index (χ1v) is 11.0. The Balaban J connectivity index is 1.83. The third-order valence-electron chi connectivity index (χ3n) is 4.17. The fourth-order valence-electron chi connectivity index (χ4n) is 2.83. The zero-order chi connectivity index (χ0) is 20.2. The summed E-state index contributed by atoms with van der Waals surface area (Å²) in [6.45, 7) is 2.36. The average molecular weight is 516 g/mol. The molecule has 7 heteroatoms. The minimum atomic E-state index is -0.495. The average Bonchev–Trinajstić information content (AvgIpc) is 3.21. The van der Waals surface area contributed by atoms with Gasteiger partial charge in [0.15, 0.2) is 11.4 Å². The lowest BCUT2D eigenvalue weighted by molar-refractivity contribution is 0.0514. The van der Waals surface area contributed by atoms with Gasteiger partial charge in [0.2, 0.25) is 0 Å². The molecule has 0 fully saturated rings. The Bertz CT molecular complexity index is 1150. The number of pyridine rings is 1. The van der Waals surface area contributed by atoms with Gasteiger partial charge in [-0.25, -0.2) is 14.8 Å². The number of ether oxygens (including phenoxy) is 2. The molecule has 0 bridgehead atoms. The van der Waals surface area contributed by atoms with Crippen LogP contribution in [-0.4, -0.2) is 22.5 Å². The highest BCUT2D eigenvalue weighted by Gasteiger charge is 2.24. The first-order chi connectivity index (χ1) is 14.2. The second-order valence-electron chi connectivity index (χ2n) is 6.14. The van der Waals surface area contributed by atoms with Gasteiger partial charge in [0, 0.05) is 5.56 Å². The molecular formula is C22H17IN2O3S. The van der Waals surface area contributed by atoms with Crippen molar-refractivity contribution in [1.82, 2.24) is 9.97 Å². The number of halogens is 1. The maximum atomic E-state index is 12.6. The number of rotatable bonds is 6. The molecule has 0 aliphatic rings. The van der Waals surface area contributed by atoms with E-state index in [0.717, 1.165) is 26.4 Å². The van der Waals surface area contributed by atoms with Gasteiger partial charge in [0.1, 0.15) is 25.5 Å². The van der Waals surface area contributed by atoms with Crippen LogP contribution in [0.15, 0.2) is 60.7 Å². The van der Waals surface area contributed by atoms with E-state index in [-0.39, 0.29) is 12.3 Å². The molecule has 0 aliphatic heterocycles. The molecule has 146 valence electrons. The van der Waals surface area contributed by atoms with Crippen LogP contribution in [0.5, 0.6) is 5.75 Å². The summed E-state index contributed by atoms with van der Waals surface area (Å²) in [6.07, 6.45) is 0. The van der Waals surface area contributed by atoms with Crippen LogP contribution < -0.4 is 4.74 Å². The third-order valence-corrected chi connectivity index (χ3v) is 6.02. The molecule has 4 aromatic rings. The normalized spacial score (nSPS) is 10.8. The highest BCUT2D eigenvalue weighted by atomic mass is 127. The molecule has 0 amide bonds. The third kappa shape index (κ3) is 4.25. The number of hydrogen-bond acceptors (Lipinski definition) is 6. The summed E-state index contributed by atoms with van der Waals surface area (Å²) in [6, 6.07) is 19.7. The van der Waals surface area contributed by atoms with Crippen molar-refractivity contribution in [1.29, 1.82) is 0 Å². The van der Waals surface area contributed by atoms with Gasteiger partial charge in [-0.1, -0.05) is 60.7 Å². The van der Waals surface area contributed by atoms with Crippen LogP contribution in [0.25, 0.3) is 20.8 Å². The van der Waals surface area contributed by atoms with E-state index < -0.39 is 5.97 Å². The number of hydrogen-bond donors (Lipinski definition) is 0. The number of thiazole rings is 1. The van der Waals surface area contributed by atoms with Crippen molar-refractivity contribution >= 4 is 50.1 Å². The summed E-state index contributed by atoms with van der Waals surface area (Å²) < 4.78 is 12.8. The number of fused-ring (bicyclic) bond motifs is 1. The SMILES string of the molecule is CCOC(=O)c1nc(I)c2nc(-c3ccccc3)sc2c1OCc1ccccc1. The van der Waals surface area contributed by atoms with E-state index >= 15 is 0 Å². The van der Waals surface area contributed by atoms with Gasteiger partial charge in [-0.3, -0.25) is 0 Å². The number of esters is 1. The minimum absolute atomic E-state index is 0.183. The summed E-state index contributed by atoms with van der Waals surface area (Å²) in [5.74, 6) is -0.0764. The topological polar surface area (TPSA) is 61.3 Å². The predicted octanol–water partition coefficient (Wildman–Crippen LogP) is 5.72. The summed E-state index contributed by atoms with van der Waals surface area (Å²) >= 11 is 3.59. The van der Waals surface area contributed by atoms with E-state index in [1.165, 1.54) is 11.3 Å². The monoisotopic (exact) mass is 516 g/mol. The first-order valence-electron chi connectivity index (χ1n) is 9.06.